The lowest BCUT2D eigenvalue weighted by Crippen LogP contribution is -2.44. The zero-order chi connectivity index (χ0) is 20.3. The topological polar surface area (TPSA) is 77.9 Å². The van der Waals surface area contributed by atoms with E-state index in [0.717, 1.165) is 17.1 Å². The molecular formula is C20H28N4O4. The summed E-state index contributed by atoms with van der Waals surface area (Å²) >= 11 is 0. The minimum absolute atomic E-state index is 0.0861. The number of aromatic nitrogens is 2. The second-order valence-electron chi connectivity index (χ2n) is 7.61. The number of methoxy groups -OCH3 is 2. The fourth-order valence-electron chi connectivity index (χ4n) is 3.24. The van der Waals surface area contributed by atoms with Crippen LogP contribution in [0.4, 0.5) is 10.6 Å². The molecular weight excluding hydrogens is 360 g/mol. The maximum Gasteiger partial charge on any atom is 0.323 e. The Kier molecular flexibility index (Phi) is 5.79. The van der Waals surface area contributed by atoms with Crippen LogP contribution >= 0.6 is 0 Å². The Hall–Kier alpha value is -2.74. The molecule has 8 nitrogen and oxygen atoms in total. The van der Waals surface area contributed by atoms with E-state index < -0.39 is 5.60 Å². The van der Waals surface area contributed by atoms with Crippen molar-refractivity contribution >= 4 is 11.8 Å². The van der Waals surface area contributed by atoms with Crippen LogP contribution in [0.1, 0.15) is 32.4 Å². The van der Waals surface area contributed by atoms with Gasteiger partial charge in [0, 0.05) is 31.0 Å². The van der Waals surface area contributed by atoms with Gasteiger partial charge in [-0.15, -0.1) is 0 Å². The zero-order valence-electron chi connectivity index (χ0n) is 17.1. The fraction of sp³-hybridized carbons (Fsp3) is 0.500. The van der Waals surface area contributed by atoms with Crippen molar-refractivity contribution in [2.75, 3.05) is 32.7 Å². The number of hydrogen-bond donors (Lipinski definition) is 1. The summed E-state index contributed by atoms with van der Waals surface area (Å²) in [7, 11) is 3.27. The molecule has 3 rings (SSSR count). The van der Waals surface area contributed by atoms with Crippen molar-refractivity contribution in [2.45, 2.75) is 39.0 Å². The Morgan fingerprint density at radius 3 is 2.86 bits per heavy atom. The van der Waals surface area contributed by atoms with E-state index >= 15 is 0 Å². The van der Waals surface area contributed by atoms with Crippen molar-refractivity contribution in [2.24, 2.45) is 0 Å². The molecule has 2 aromatic rings. The van der Waals surface area contributed by atoms with E-state index in [0.29, 0.717) is 25.5 Å². The number of benzene rings is 1. The number of urea groups is 1. The van der Waals surface area contributed by atoms with E-state index in [1.165, 1.54) is 0 Å². The van der Waals surface area contributed by atoms with E-state index in [-0.39, 0.29) is 12.1 Å². The molecule has 0 radical (unpaired) electrons. The molecule has 0 saturated carbocycles. The van der Waals surface area contributed by atoms with Crippen LogP contribution in [0.5, 0.6) is 11.5 Å². The van der Waals surface area contributed by atoms with E-state index in [1.54, 1.807) is 29.9 Å². The highest BCUT2D eigenvalue weighted by molar-refractivity contribution is 5.88. The number of carbonyl (C=O) groups is 1. The Morgan fingerprint density at radius 1 is 1.36 bits per heavy atom. The smallest absolute Gasteiger partial charge is 0.323 e. The fourth-order valence-corrected chi connectivity index (χ4v) is 3.24. The Labute approximate surface area is 165 Å². The van der Waals surface area contributed by atoms with Crippen molar-refractivity contribution in [1.29, 1.82) is 0 Å². The van der Waals surface area contributed by atoms with Gasteiger partial charge in [-0.25, -0.2) is 4.79 Å². The van der Waals surface area contributed by atoms with Gasteiger partial charge in [-0.2, -0.15) is 5.10 Å². The van der Waals surface area contributed by atoms with Gasteiger partial charge in [0.15, 0.2) is 5.82 Å². The second kappa shape index (κ2) is 8.10. The number of ether oxygens (including phenoxy) is 3. The summed E-state index contributed by atoms with van der Waals surface area (Å²) in [6.45, 7) is 7.35. The van der Waals surface area contributed by atoms with Crippen molar-refractivity contribution in [3.63, 3.8) is 0 Å². The third-order valence-electron chi connectivity index (χ3n) is 4.58. The van der Waals surface area contributed by atoms with Gasteiger partial charge in [0.1, 0.15) is 17.1 Å². The van der Waals surface area contributed by atoms with Crippen LogP contribution in [-0.4, -0.2) is 53.7 Å². The van der Waals surface area contributed by atoms with Crippen LogP contribution in [-0.2, 0) is 11.3 Å². The summed E-state index contributed by atoms with van der Waals surface area (Å²) in [5.41, 5.74) is 0.391. The number of nitrogens with zero attached hydrogens (tertiary/aromatic N) is 3. The molecule has 1 aliphatic rings. The highest BCUT2D eigenvalue weighted by Gasteiger charge is 2.32. The first kappa shape index (κ1) is 20.0. The molecule has 0 aliphatic carbocycles. The molecule has 1 unspecified atom stereocenters. The van der Waals surface area contributed by atoms with Crippen molar-refractivity contribution in [3.05, 3.63) is 36.0 Å². The van der Waals surface area contributed by atoms with E-state index in [9.17, 15) is 4.79 Å². The van der Waals surface area contributed by atoms with Crippen molar-refractivity contribution < 1.29 is 19.0 Å². The molecule has 1 aromatic heterocycles. The largest absolute Gasteiger partial charge is 0.497 e. The second-order valence-corrected chi connectivity index (χ2v) is 7.61. The third kappa shape index (κ3) is 4.56. The molecule has 1 aliphatic heterocycles. The van der Waals surface area contributed by atoms with Gasteiger partial charge in [-0.1, -0.05) is 0 Å². The minimum atomic E-state index is -0.540. The number of hydrogen-bond acceptors (Lipinski definition) is 5. The van der Waals surface area contributed by atoms with Crippen LogP contribution in [0.15, 0.2) is 30.5 Å². The summed E-state index contributed by atoms with van der Waals surface area (Å²) in [6.07, 6.45) is 1.83. The third-order valence-corrected chi connectivity index (χ3v) is 4.58. The van der Waals surface area contributed by atoms with Gasteiger partial charge in [-0.05, 0) is 32.9 Å². The number of fused-ring (bicyclic) bond motifs is 1. The molecule has 28 heavy (non-hydrogen) atoms. The lowest BCUT2D eigenvalue weighted by atomic mass is 10.1. The van der Waals surface area contributed by atoms with Gasteiger partial charge < -0.3 is 19.1 Å². The van der Waals surface area contributed by atoms with Crippen molar-refractivity contribution in [1.82, 2.24) is 14.7 Å². The number of nitrogens with one attached hydrogen (secondary N) is 1. The van der Waals surface area contributed by atoms with Gasteiger partial charge in [-0.3, -0.25) is 10.00 Å². The summed E-state index contributed by atoms with van der Waals surface area (Å²) in [5.74, 6) is 1.96. The Bertz CT molecular complexity index is 833. The summed E-state index contributed by atoms with van der Waals surface area (Å²) in [5, 5.41) is 7.30. The van der Waals surface area contributed by atoms with Gasteiger partial charge in [0.05, 0.1) is 32.8 Å². The van der Waals surface area contributed by atoms with E-state index in [4.69, 9.17) is 14.2 Å². The maximum absolute atomic E-state index is 12.9. The highest BCUT2D eigenvalue weighted by Crippen LogP contribution is 2.32. The summed E-state index contributed by atoms with van der Waals surface area (Å²) in [6, 6.07) is 7.31. The first-order valence-electron chi connectivity index (χ1n) is 9.27. The highest BCUT2D eigenvalue weighted by atomic mass is 16.5. The molecule has 1 N–H and O–H groups in total. The molecule has 0 bridgehead atoms. The average molecular weight is 388 g/mol. The predicted octanol–water partition coefficient (Wildman–Crippen LogP) is 3.30. The Morgan fingerprint density at radius 2 is 2.14 bits per heavy atom. The van der Waals surface area contributed by atoms with E-state index in [2.05, 4.69) is 10.4 Å². The Balaban J connectivity index is 1.75. The number of amides is 2. The molecule has 8 heteroatoms. The first-order valence-corrected chi connectivity index (χ1v) is 9.27. The van der Waals surface area contributed by atoms with Crippen LogP contribution < -0.4 is 14.8 Å². The predicted molar refractivity (Wildman–Crippen MR) is 106 cm³/mol. The lowest BCUT2D eigenvalue weighted by molar-refractivity contribution is 0.0832. The number of anilines is 1. The summed E-state index contributed by atoms with van der Waals surface area (Å²) < 4.78 is 18.4. The molecule has 0 spiro atoms. The van der Waals surface area contributed by atoms with Gasteiger partial charge in [0.2, 0.25) is 0 Å². The molecule has 0 saturated heterocycles. The standard InChI is InChI=1S/C20H28N4O4/c1-14(12-26-4)24-9-8-18(22-24)21-19(25)23-11-15-6-7-16(27-5)10-17(15)28-20(2,3)13-23/h6-10,14H,11-13H2,1-5H3,(H,21,22,25). The molecule has 0 fully saturated rings. The van der Waals surface area contributed by atoms with E-state index in [1.807, 2.05) is 45.2 Å². The average Bonchev–Trinajstić information content (AvgIpc) is 3.05. The normalized spacial score (nSPS) is 16.5. The number of rotatable bonds is 5. The van der Waals surface area contributed by atoms with Gasteiger partial charge in [0.25, 0.3) is 0 Å². The minimum Gasteiger partial charge on any atom is -0.497 e. The van der Waals surface area contributed by atoms with Crippen LogP contribution in [0.25, 0.3) is 0 Å². The lowest BCUT2D eigenvalue weighted by Gasteiger charge is -2.29. The molecule has 152 valence electrons. The first-order chi connectivity index (χ1) is 13.3. The van der Waals surface area contributed by atoms with Crippen molar-refractivity contribution in [3.8, 4) is 11.5 Å². The van der Waals surface area contributed by atoms with Crippen LogP contribution in [0.3, 0.4) is 0 Å². The van der Waals surface area contributed by atoms with Crippen LogP contribution in [0, 0.1) is 0 Å². The van der Waals surface area contributed by atoms with Gasteiger partial charge >= 0.3 is 6.03 Å². The SMILES string of the molecule is COCC(C)n1ccc(NC(=O)N2Cc3ccc(OC)cc3OC(C)(C)C2)n1. The molecule has 1 atom stereocenters. The molecule has 2 amide bonds. The zero-order valence-corrected chi connectivity index (χ0v) is 17.1. The molecule has 1 aromatic carbocycles. The quantitative estimate of drug-likeness (QED) is 0.850. The maximum atomic E-state index is 12.9. The van der Waals surface area contributed by atoms with Crippen LogP contribution in [0.2, 0.25) is 0 Å². The number of carbonyl (C=O) groups excluding carboxylic acids is 1. The summed E-state index contributed by atoms with van der Waals surface area (Å²) in [4.78, 5) is 14.6. The monoisotopic (exact) mass is 388 g/mol. The molecule has 2 heterocycles.